The van der Waals surface area contributed by atoms with E-state index in [-0.39, 0.29) is 23.5 Å². The molecule has 1 aliphatic heterocycles. The van der Waals surface area contributed by atoms with Crippen molar-refractivity contribution in [3.8, 4) is 0 Å². The lowest BCUT2D eigenvalue weighted by Crippen LogP contribution is -2.34. The van der Waals surface area contributed by atoms with Crippen LogP contribution in [0.1, 0.15) is 32.3 Å². The minimum Gasteiger partial charge on any atom is -0.377 e. The van der Waals surface area contributed by atoms with Gasteiger partial charge in [-0.25, -0.2) is 13.1 Å². The first-order valence-corrected chi connectivity index (χ1v) is 10.00. The van der Waals surface area contributed by atoms with Crippen LogP contribution in [-0.2, 0) is 30.8 Å². The van der Waals surface area contributed by atoms with Crippen molar-refractivity contribution >= 4 is 15.9 Å². The highest BCUT2D eigenvalue weighted by molar-refractivity contribution is 7.89. The minimum absolute atomic E-state index is 0.0448. The molecule has 1 aromatic carbocycles. The van der Waals surface area contributed by atoms with Gasteiger partial charge in [0.15, 0.2) is 0 Å². The molecule has 2 rings (SSSR count). The van der Waals surface area contributed by atoms with Crippen LogP contribution in [0, 0.1) is 0 Å². The van der Waals surface area contributed by atoms with Gasteiger partial charge < -0.3 is 14.8 Å². The van der Waals surface area contributed by atoms with Crippen molar-refractivity contribution < 1.29 is 22.7 Å². The van der Waals surface area contributed by atoms with Gasteiger partial charge in [0.05, 0.1) is 11.0 Å². The lowest BCUT2D eigenvalue weighted by atomic mass is 10.2. The zero-order valence-corrected chi connectivity index (χ0v) is 15.5. The van der Waals surface area contributed by atoms with Crippen LogP contribution in [0.4, 0.5) is 0 Å². The quantitative estimate of drug-likeness (QED) is 0.681. The molecule has 8 heteroatoms. The van der Waals surface area contributed by atoms with Gasteiger partial charge in [0.2, 0.25) is 15.9 Å². The SMILES string of the molecule is CCO[C@@H](C)C(=O)NCc1ccc(S(=O)(=O)NC[C@H]2CCCO2)cc1. The molecule has 2 N–H and O–H groups in total. The van der Waals surface area contributed by atoms with E-state index in [9.17, 15) is 13.2 Å². The minimum atomic E-state index is -3.55. The Labute approximate surface area is 149 Å². The number of ether oxygens (including phenoxy) is 2. The fourth-order valence-corrected chi connectivity index (χ4v) is 3.60. The Morgan fingerprint density at radius 1 is 1.36 bits per heavy atom. The average molecular weight is 370 g/mol. The standard InChI is InChI=1S/C17H26N2O5S/c1-3-23-13(2)17(20)18-11-14-6-8-16(9-7-14)25(21,22)19-12-15-5-4-10-24-15/h6-9,13,15,19H,3-5,10-12H2,1-2H3,(H,18,20)/t13-,15+/m0/s1. The summed E-state index contributed by atoms with van der Waals surface area (Å²) in [6.45, 7) is 5.29. The first-order chi connectivity index (χ1) is 11.9. The van der Waals surface area contributed by atoms with Crippen LogP contribution >= 0.6 is 0 Å². The summed E-state index contributed by atoms with van der Waals surface area (Å²) in [6.07, 6.45) is 1.29. The average Bonchev–Trinajstić information content (AvgIpc) is 3.12. The maximum atomic E-state index is 12.3. The second kappa shape index (κ2) is 9.28. The molecule has 0 bridgehead atoms. The number of sulfonamides is 1. The molecule has 140 valence electrons. The van der Waals surface area contributed by atoms with Crippen LogP contribution in [-0.4, -0.2) is 46.3 Å². The summed E-state index contributed by atoms with van der Waals surface area (Å²) in [5, 5.41) is 2.76. The number of hydrogen-bond donors (Lipinski definition) is 2. The van der Waals surface area contributed by atoms with E-state index in [1.807, 2.05) is 6.92 Å². The predicted octanol–water partition coefficient (Wildman–Crippen LogP) is 1.19. The van der Waals surface area contributed by atoms with Crippen LogP contribution in [0.3, 0.4) is 0 Å². The highest BCUT2D eigenvalue weighted by atomic mass is 32.2. The first-order valence-electron chi connectivity index (χ1n) is 8.52. The van der Waals surface area contributed by atoms with Crippen molar-refractivity contribution in [2.24, 2.45) is 0 Å². The monoisotopic (exact) mass is 370 g/mol. The number of rotatable bonds is 9. The van der Waals surface area contributed by atoms with Crippen molar-refractivity contribution in [3.63, 3.8) is 0 Å². The number of carbonyl (C=O) groups excluding carboxylic acids is 1. The van der Waals surface area contributed by atoms with Gasteiger partial charge in [0.25, 0.3) is 0 Å². The first kappa shape index (κ1) is 19.8. The highest BCUT2D eigenvalue weighted by Crippen LogP contribution is 2.14. The summed E-state index contributed by atoms with van der Waals surface area (Å²) in [5.74, 6) is -0.197. The number of amides is 1. The Bertz CT molecular complexity index is 654. The van der Waals surface area contributed by atoms with E-state index >= 15 is 0 Å². The predicted molar refractivity (Wildman–Crippen MR) is 93.5 cm³/mol. The summed E-state index contributed by atoms with van der Waals surface area (Å²) < 4.78 is 37.8. The van der Waals surface area contributed by atoms with E-state index in [4.69, 9.17) is 9.47 Å². The van der Waals surface area contributed by atoms with E-state index in [0.717, 1.165) is 18.4 Å². The van der Waals surface area contributed by atoms with Crippen molar-refractivity contribution in [3.05, 3.63) is 29.8 Å². The van der Waals surface area contributed by atoms with E-state index in [1.54, 1.807) is 19.1 Å². The highest BCUT2D eigenvalue weighted by Gasteiger charge is 2.20. The maximum Gasteiger partial charge on any atom is 0.249 e. The van der Waals surface area contributed by atoms with Gasteiger partial charge in [-0.15, -0.1) is 0 Å². The summed E-state index contributed by atoms with van der Waals surface area (Å²) in [6, 6.07) is 6.44. The molecule has 0 aliphatic carbocycles. The zero-order valence-electron chi connectivity index (χ0n) is 14.7. The van der Waals surface area contributed by atoms with E-state index < -0.39 is 16.1 Å². The van der Waals surface area contributed by atoms with Crippen LogP contribution in [0.15, 0.2) is 29.2 Å². The van der Waals surface area contributed by atoms with Crippen molar-refractivity contribution in [1.29, 1.82) is 0 Å². The number of nitrogens with one attached hydrogen (secondary N) is 2. The zero-order chi connectivity index (χ0) is 18.3. The Morgan fingerprint density at radius 3 is 2.68 bits per heavy atom. The van der Waals surface area contributed by atoms with Gasteiger partial charge in [-0.3, -0.25) is 4.79 Å². The van der Waals surface area contributed by atoms with Crippen molar-refractivity contribution in [1.82, 2.24) is 10.0 Å². The molecular formula is C17H26N2O5S. The summed E-state index contributed by atoms with van der Waals surface area (Å²) in [5.41, 5.74) is 0.815. The molecule has 0 saturated carbocycles. The van der Waals surface area contributed by atoms with E-state index in [1.165, 1.54) is 12.1 Å². The molecule has 1 amide bonds. The molecule has 0 aromatic heterocycles. The smallest absolute Gasteiger partial charge is 0.249 e. The van der Waals surface area contributed by atoms with Crippen molar-refractivity contribution in [2.75, 3.05) is 19.8 Å². The molecule has 0 spiro atoms. The van der Waals surface area contributed by atoms with Crippen LogP contribution in [0.25, 0.3) is 0 Å². The summed E-state index contributed by atoms with van der Waals surface area (Å²) >= 11 is 0. The second-order valence-electron chi connectivity index (χ2n) is 5.95. The molecule has 1 heterocycles. The van der Waals surface area contributed by atoms with Crippen LogP contribution < -0.4 is 10.0 Å². The van der Waals surface area contributed by atoms with E-state index in [0.29, 0.717) is 19.8 Å². The Balaban J connectivity index is 1.86. The molecule has 1 saturated heterocycles. The summed E-state index contributed by atoms with van der Waals surface area (Å²) in [4.78, 5) is 12.0. The van der Waals surface area contributed by atoms with Crippen LogP contribution in [0.2, 0.25) is 0 Å². The Morgan fingerprint density at radius 2 is 2.08 bits per heavy atom. The van der Waals surface area contributed by atoms with Gasteiger partial charge in [-0.1, -0.05) is 12.1 Å². The lowest BCUT2D eigenvalue weighted by Gasteiger charge is -2.13. The number of carbonyl (C=O) groups is 1. The maximum absolute atomic E-state index is 12.3. The Hall–Kier alpha value is -1.48. The largest absolute Gasteiger partial charge is 0.377 e. The molecule has 2 atom stereocenters. The third-order valence-electron chi connectivity index (χ3n) is 4.01. The molecule has 0 unspecified atom stereocenters. The molecular weight excluding hydrogens is 344 g/mol. The topological polar surface area (TPSA) is 93.7 Å². The molecule has 25 heavy (non-hydrogen) atoms. The lowest BCUT2D eigenvalue weighted by molar-refractivity contribution is -0.131. The molecule has 1 fully saturated rings. The fraction of sp³-hybridized carbons (Fsp3) is 0.588. The second-order valence-corrected chi connectivity index (χ2v) is 7.71. The number of hydrogen-bond acceptors (Lipinski definition) is 5. The van der Waals surface area contributed by atoms with Gasteiger partial charge in [0, 0.05) is 26.3 Å². The molecule has 1 aliphatic rings. The Kier molecular flexibility index (Phi) is 7.37. The normalized spacial score (nSPS) is 18.9. The van der Waals surface area contributed by atoms with Crippen molar-refractivity contribution in [2.45, 2.75) is 50.3 Å². The summed E-state index contributed by atoms with van der Waals surface area (Å²) in [7, 11) is -3.55. The van der Waals surface area contributed by atoms with Gasteiger partial charge in [-0.2, -0.15) is 0 Å². The molecule has 7 nitrogen and oxygen atoms in total. The van der Waals surface area contributed by atoms with Gasteiger partial charge in [0.1, 0.15) is 6.10 Å². The molecule has 1 aromatic rings. The van der Waals surface area contributed by atoms with E-state index in [2.05, 4.69) is 10.0 Å². The van der Waals surface area contributed by atoms with Crippen LogP contribution in [0.5, 0.6) is 0 Å². The number of benzene rings is 1. The van der Waals surface area contributed by atoms with Gasteiger partial charge in [-0.05, 0) is 44.4 Å². The third-order valence-corrected chi connectivity index (χ3v) is 5.45. The fourth-order valence-electron chi connectivity index (χ4n) is 2.54. The van der Waals surface area contributed by atoms with Gasteiger partial charge >= 0.3 is 0 Å². The third kappa shape index (κ3) is 6.07. The molecule has 0 radical (unpaired) electrons.